The second kappa shape index (κ2) is 9.12. The summed E-state index contributed by atoms with van der Waals surface area (Å²) in [4.78, 5) is 29.3. The van der Waals surface area contributed by atoms with Gasteiger partial charge in [-0.25, -0.2) is 9.78 Å². The first kappa shape index (κ1) is 22.4. The molecule has 2 N–H and O–H groups in total. The number of aromatic nitrogens is 2. The SMILES string of the molecule is O=C(O)c1ccc2c(c1)nc(-c1cccc(C(=O)Nc3cc(Cl)cc(Cl)c3)c1)n2C1CCCC1. The van der Waals surface area contributed by atoms with Crippen LogP contribution in [0, 0.1) is 0 Å². The fraction of sp³-hybridized carbons (Fsp3) is 0.192. The minimum absolute atomic E-state index is 0.198. The van der Waals surface area contributed by atoms with E-state index in [2.05, 4.69) is 9.88 Å². The van der Waals surface area contributed by atoms with Crippen molar-refractivity contribution in [2.45, 2.75) is 31.7 Å². The molecule has 3 aromatic carbocycles. The first-order valence-corrected chi connectivity index (χ1v) is 11.8. The molecule has 34 heavy (non-hydrogen) atoms. The molecule has 1 fully saturated rings. The van der Waals surface area contributed by atoms with Crippen molar-refractivity contribution < 1.29 is 14.7 Å². The molecule has 1 aromatic heterocycles. The molecule has 5 rings (SSSR count). The summed E-state index contributed by atoms with van der Waals surface area (Å²) in [7, 11) is 0. The molecule has 0 unspecified atom stereocenters. The van der Waals surface area contributed by atoms with Crippen LogP contribution in [0.4, 0.5) is 5.69 Å². The Labute approximate surface area is 206 Å². The highest BCUT2D eigenvalue weighted by Gasteiger charge is 2.24. The van der Waals surface area contributed by atoms with E-state index < -0.39 is 5.97 Å². The minimum atomic E-state index is -0.987. The number of imidazole rings is 1. The minimum Gasteiger partial charge on any atom is -0.478 e. The lowest BCUT2D eigenvalue weighted by molar-refractivity contribution is 0.0696. The Morgan fingerprint density at radius 1 is 0.941 bits per heavy atom. The Hall–Kier alpha value is -3.35. The summed E-state index contributed by atoms with van der Waals surface area (Å²) in [6.45, 7) is 0. The van der Waals surface area contributed by atoms with E-state index in [1.54, 1.807) is 42.5 Å². The van der Waals surface area contributed by atoms with Crippen LogP contribution in [0.2, 0.25) is 10.0 Å². The molecule has 0 radical (unpaired) electrons. The van der Waals surface area contributed by atoms with Crippen LogP contribution in [0.5, 0.6) is 0 Å². The van der Waals surface area contributed by atoms with E-state index in [-0.39, 0.29) is 17.5 Å². The van der Waals surface area contributed by atoms with Crippen molar-refractivity contribution >= 4 is 51.8 Å². The van der Waals surface area contributed by atoms with Crippen LogP contribution in [0.15, 0.2) is 60.7 Å². The van der Waals surface area contributed by atoms with E-state index >= 15 is 0 Å². The van der Waals surface area contributed by atoms with Gasteiger partial charge in [-0.05, 0) is 61.4 Å². The summed E-state index contributed by atoms with van der Waals surface area (Å²) in [5.41, 5.74) is 3.48. The van der Waals surface area contributed by atoms with Crippen LogP contribution >= 0.6 is 23.2 Å². The number of carboxylic acids is 1. The average molecular weight is 494 g/mol. The number of benzene rings is 3. The summed E-state index contributed by atoms with van der Waals surface area (Å²) in [6, 6.07) is 17.4. The van der Waals surface area contributed by atoms with Crippen LogP contribution in [0.3, 0.4) is 0 Å². The van der Waals surface area contributed by atoms with Gasteiger partial charge in [-0.1, -0.05) is 48.2 Å². The molecule has 1 amide bonds. The lowest BCUT2D eigenvalue weighted by Gasteiger charge is -2.17. The molecule has 172 valence electrons. The van der Waals surface area contributed by atoms with Crippen LogP contribution in [-0.2, 0) is 0 Å². The molecule has 0 spiro atoms. The van der Waals surface area contributed by atoms with Gasteiger partial charge in [-0.15, -0.1) is 0 Å². The van der Waals surface area contributed by atoms with E-state index in [1.165, 1.54) is 0 Å². The number of fused-ring (bicyclic) bond motifs is 1. The van der Waals surface area contributed by atoms with Gasteiger partial charge in [0.15, 0.2) is 0 Å². The number of anilines is 1. The zero-order valence-electron chi connectivity index (χ0n) is 18.1. The summed E-state index contributed by atoms with van der Waals surface area (Å²) in [5.74, 6) is -0.555. The van der Waals surface area contributed by atoms with E-state index in [4.69, 9.17) is 28.2 Å². The molecule has 1 saturated carbocycles. The number of carboxylic acid groups (broad SMARTS) is 1. The van der Waals surface area contributed by atoms with E-state index in [9.17, 15) is 14.7 Å². The number of aromatic carboxylic acids is 1. The fourth-order valence-electron chi connectivity index (χ4n) is 4.60. The highest BCUT2D eigenvalue weighted by molar-refractivity contribution is 6.35. The first-order valence-electron chi connectivity index (χ1n) is 11.0. The standard InChI is InChI=1S/C26H21Cl2N3O3/c27-18-12-19(28)14-20(13-18)29-25(32)16-5-3-4-15(10-16)24-30-22-11-17(26(33)34)8-9-23(22)31(24)21-6-1-2-7-21/h3-5,8-14,21H,1-2,6-7H2,(H,29,32)(H,33,34). The number of carbonyl (C=O) groups excluding carboxylic acids is 1. The molecule has 1 aliphatic carbocycles. The van der Waals surface area contributed by atoms with Gasteiger partial charge in [0.05, 0.1) is 16.6 Å². The van der Waals surface area contributed by atoms with Gasteiger partial charge in [0.1, 0.15) is 5.82 Å². The van der Waals surface area contributed by atoms with Crippen molar-refractivity contribution in [3.8, 4) is 11.4 Å². The number of hydrogen-bond donors (Lipinski definition) is 2. The third kappa shape index (κ3) is 4.39. The second-order valence-electron chi connectivity index (χ2n) is 8.45. The number of amides is 1. The second-order valence-corrected chi connectivity index (χ2v) is 9.32. The monoisotopic (exact) mass is 493 g/mol. The van der Waals surface area contributed by atoms with Crippen molar-refractivity contribution in [1.82, 2.24) is 9.55 Å². The number of nitrogens with one attached hydrogen (secondary N) is 1. The molecule has 1 aliphatic rings. The highest BCUT2D eigenvalue weighted by Crippen LogP contribution is 2.37. The molecule has 0 atom stereocenters. The quantitative estimate of drug-likeness (QED) is 0.311. The molecule has 1 heterocycles. The Kier molecular flexibility index (Phi) is 6.02. The largest absolute Gasteiger partial charge is 0.478 e. The van der Waals surface area contributed by atoms with Gasteiger partial charge < -0.3 is 15.0 Å². The van der Waals surface area contributed by atoms with Crippen LogP contribution in [0.1, 0.15) is 52.4 Å². The number of carbonyl (C=O) groups is 2. The lowest BCUT2D eigenvalue weighted by Crippen LogP contribution is -2.12. The van der Waals surface area contributed by atoms with E-state index in [0.29, 0.717) is 26.8 Å². The number of hydrogen-bond acceptors (Lipinski definition) is 3. The van der Waals surface area contributed by atoms with Crippen molar-refractivity contribution in [1.29, 1.82) is 0 Å². The maximum Gasteiger partial charge on any atom is 0.335 e. The Morgan fingerprint density at radius 3 is 2.38 bits per heavy atom. The van der Waals surface area contributed by atoms with Gasteiger partial charge in [0.25, 0.3) is 5.91 Å². The molecular formula is C26H21Cl2N3O3. The smallest absolute Gasteiger partial charge is 0.335 e. The normalized spacial score (nSPS) is 13.9. The summed E-state index contributed by atoms with van der Waals surface area (Å²) < 4.78 is 2.20. The Morgan fingerprint density at radius 2 is 1.68 bits per heavy atom. The predicted molar refractivity (Wildman–Crippen MR) is 134 cm³/mol. The van der Waals surface area contributed by atoms with E-state index in [1.807, 2.05) is 18.2 Å². The molecule has 0 aliphatic heterocycles. The van der Waals surface area contributed by atoms with Crippen molar-refractivity contribution in [3.05, 3.63) is 81.8 Å². The topological polar surface area (TPSA) is 84.2 Å². The Bertz CT molecular complexity index is 1400. The highest BCUT2D eigenvalue weighted by atomic mass is 35.5. The zero-order chi connectivity index (χ0) is 23.8. The van der Waals surface area contributed by atoms with Crippen molar-refractivity contribution in [2.24, 2.45) is 0 Å². The van der Waals surface area contributed by atoms with Crippen LogP contribution in [0.25, 0.3) is 22.4 Å². The van der Waals surface area contributed by atoms with E-state index in [0.717, 1.165) is 42.6 Å². The van der Waals surface area contributed by atoms with Crippen molar-refractivity contribution in [3.63, 3.8) is 0 Å². The fourth-order valence-corrected chi connectivity index (χ4v) is 5.12. The third-order valence-corrected chi connectivity index (χ3v) is 6.57. The maximum absolute atomic E-state index is 13.0. The summed E-state index contributed by atoms with van der Waals surface area (Å²) in [5, 5.41) is 13.1. The summed E-state index contributed by atoms with van der Waals surface area (Å²) >= 11 is 12.1. The molecule has 0 bridgehead atoms. The Balaban J connectivity index is 1.55. The predicted octanol–water partition coefficient (Wildman–Crippen LogP) is 7.08. The molecule has 4 aromatic rings. The molecule has 0 saturated heterocycles. The zero-order valence-corrected chi connectivity index (χ0v) is 19.6. The van der Waals surface area contributed by atoms with Gasteiger partial charge in [0, 0.05) is 32.9 Å². The van der Waals surface area contributed by atoms with Gasteiger partial charge in [-0.2, -0.15) is 0 Å². The third-order valence-electron chi connectivity index (χ3n) is 6.13. The molecule has 6 nitrogen and oxygen atoms in total. The van der Waals surface area contributed by atoms with Crippen LogP contribution < -0.4 is 5.32 Å². The number of rotatable bonds is 5. The lowest BCUT2D eigenvalue weighted by atomic mass is 10.1. The van der Waals surface area contributed by atoms with Gasteiger partial charge >= 0.3 is 5.97 Å². The average Bonchev–Trinajstić information content (AvgIpc) is 3.45. The number of halogens is 2. The van der Waals surface area contributed by atoms with Gasteiger partial charge in [-0.3, -0.25) is 4.79 Å². The van der Waals surface area contributed by atoms with Crippen molar-refractivity contribution in [2.75, 3.05) is 5.32 Å². The van der Waals surface area contributed by atoms with Gasteiger partial charge in [0.2, 0.25) is 0 Å². The molecule has 8 heteroatoms. The van der Waals surface area contributed by atoms with Crippen LogP contribution in [-0.4, -0.2) is 26.5 Å². The first-order chi connectivity index (χ1) is 16.4. The summed E-state index contributed by atoms with van der Waals surface area (Å²) in [6.07, 6.45) is 4.35. The maximum atomic E-state index is 13.0. The number of nitrogens with zero attached hydrogens (tertiary/aromatic N) is 2. The molecular weight excluding hydrogens is 473 g/mol.